The van der Waals surface area contributed by atoms with Gasteiger partial charge in [0, 0.05) is 18.0 Å². The van der Waals surface area contributed by atoms with Gasteiger partial charge in [0.2, 0.25) is 5.91 Å². The number of piperidine rings is 1. The highest BCUT2D eigenvalue weighted by Crippen LogP contribution is 2.38. The summed E-state index contributed by atoms with van der Waals surface area (Å²) >= 11 is 1.58. The molecule has 4 nitrogen and oxygen atoms in total. The molecule has 0 radical (unpaired) electrons. The van der Waals surface area contributed by atoms with Crippen LogP contribution in [0.1, 0.15) is 37.1 Å². The zero-order valence-corrected chi connectivity index (χ0v) is 15.4. The van der Waals surface area contributed by atoms with E-state index in [0.717, 1.165) is 10.4 Å². The molecule has 0 atom stereocenters. The minimum Gasteiger partial charge on any atom is -0.481 e. The predicted octanol–water partition coefficient (Wildman–Crippen LogP) is 3.67. The number of nitrogens with zero attached hydrogens (tertiary/aromatic N) is 1. The number of hydrogen-bond acceptors (Lipinski definition) is 3. The molecule has 3 rings (SSSR count). The van der Waals surface area contributed by atoms with Crippen LogP contribution >= 0.6 is 11.3 Å². The van der Waals surface area contributed by atoms with Crippen molar-refractivity contribution in [2.75, 3.05) is 13.1 Å². The Kier molecular flexibility index (Phi) is 4.69. The van der Waals surface area contributed by atoms with E-state index in [9.17, 15) is 14.7 Å². The molecule has 1 amide bonds. The summed E-state index contributed by atoms with van der Waals surface area (Å²) in [5.41, 5.74) is -0.651. The van der Waals surface area contributed by atoms with Gasteiger partial charge in [0.05, 0.1) is 10.8 Å². The lowest BCUT2D eigenvalue weighted by Crippen LogP contribution is -2.52. The van der Waals surface area contributed by atoms with Crippen LogP contribution in [0, 0.1) is 0 Å². The van der Waals surface area contributed by atoms with Crippen LogP contribution < -0.4 is 0 Å². The van der Waals surface area contributed by atoms with E-state index in [4.69, 9.17) is 0 Å². The summed E-state index contributed by atoms with van der Waals surface area (Å²) in [5, 5.41) is 11.9. The van der Waals surface area contributed by atoms with E-state index in [0.29, 0.717) is 25.9 Å². The van der Waals surface area contributed by atoms with Gasteiger partial charge in [-0.05, 0) is 43.7 Å². The van der Waals surface area contributed by atoms with Crippen LogP contribution in [-0.2, 0) is 20.4 Å². The maximum absolute atomic E-state index is 13.0. The van der Waals surface area contributed by atoms with E-state index in [1.165, 1.54) is 0 Å². The Labute approximate surface area is 152 Å². The third kappa shape index (κ3) is 3.09. The van der Waals surface area contributed by atoms with Crippen molar-refractivity contribution in [3.8, 4) is 0 Å². The summed E-state index contributed by atoms with van der Waals surface area (Å²) in [6.07, 6.45) is 0.886. The fourth-order valence-corrected chi connectivity index (χ4v) is 4.45. The monoisotopic (exact) mass is 357 g/mol. The number of carbonyl (C=O) groups is 2. The lowest BCUT2D eigenvalue weighted by molar-refractivity contribution is -0.149. The third-order valence-electron chi connectivity index (χ3n) is 5.31. The van der Waals surface area contributed by atoms with Crippen molar-refractivity contribution in [1.29, 1.82) is 0 Å². The maximum atomic E-state index is 13.0. The topological polar surface area (TPSA) is 57.6 Å². The molecule has 1 fully saturated rings. The average Bonchev–Trinajstić information content (AvgIpc) is 3.17. The van der Waals surface area contributed by atoms with Crippen LogP contribution in [0.4, 0.5) is 0 Å². The first-order chi connectivity index (χ1) is 11.9. The summed E-state index contributed by atoms with van der Waals surface area (Å²) in [6.45, 7) is 4.82. The van der Waals surface area contributed by atoms with Crippen molar-refractivity contribution in [2.24, 2.45) is 0 Å². The van der Waals surface area contributed by atoms with Crippen molar-refractivity contribution >= 4 is 23.2 Å². The van der Waals surface area contributed by atoms with Crippen molar-refractivity contribution in [1.82, 2.24) is 4.90 Å². The van der Waals surface area contributed by atoms with Gasteiger partial charge >= 0.3 is 5.97 Å². The Morgan fingerprint density at radius 2 is 1.72 bits per heavy atom. The Morgan fingerprint density at radius 3 is 2.24 bits per heavy atom. The molecule has 0 aliphatic carbocycles. The van der Waals surface area contributed by atoms with E-state index >= 15 is 0 Å². The zero-order valence-electron chi connectivity index (χ0n) is 14.6. The number of hydrogen-bond donors (Lipinski definition) is 1. The number of aliphatic carboxylic acids is 1. The summed E-state index contributed by atoms with van der Waals surface area (Å²) < 4.78 is 0. The number of carboxylic acids is 1. The number of rotatable bonds is 4. The number of carbonyl (C=O) groups excluding carboxylic acids is 1. The zero-order chi connectivity index (χ0) is 18.1. The van der Waals surface area contributed by atoms with Gasteiger partial charge in [0.1, 0.15) is 0 Å². The molecular weight excluding hydrogens is 334 g/mol. The van der Waals surface area contributed by atoms with Gasteiger partial charge in [-0.1, -0.05) is 36.4 Å². The Morgan fingerprint density at radius 1 is 1.08 bits per heavy atom. The first-order valence-electron chi connectivity index (χ1n) is 8.50. The Bertz CT molecular complexity index is 745. The molecule has 1 aromatic heterocycles. The van der Waals surface area contributed by atoms with E-state index in [2.05, 4.69) is 0 Å². The molecule has 1 N–H and O–H groups in total. The van der Waals surface area contributed by atoms with Crippen LogP contribution in [0.2, 0.25) is 0 Å². The summed E-state index contributed by atoms with van der Waals surface area (Å²) in [5.74, 6) is -0.731. The molecule has 1 aromatic carbocycles. The second-order valence-corrected chi connectivity index (χ2v) is 8.10. The maximum Gasteiger partial charge on any atom is 0.314 e. The number of likely N-dealkylation sites (tertiary alicyclic amines) is 1. The molecule has 1 aliphatic rings. The molecule has 25 heavy (non-hydrogen) atoms. The average molecular weight is 357 g/mol. The summed E-state index contributed by atoms with van der Waals surface area (Å²) in [6, 6.07) is 13.3. The SMILES string of the molecule is CC(C)(C(=O)N1CCC(C(=O)O)(c2ccccc2)CC1)c1cccs1. The van der Waals surface area contributed by atoms with Crippen molar-refractivity contribution < 1.29 is 14.7 Å². The minimum atomic E-state index is -0.898. The summed E-state index contributed by atoms with van der Waals surface area (Å²) in [4.78, 5) is 27.9. The van der Waals surface area contributed by atoms with E-state index in [-0.39, 0.29) is 5.91 Å². The second kappa shape index (κ2) is 6.64. The minimum absolute atomic E-state index is 0.0713. The van der Waals surface area contributed by atoms with Gasteiger partial charge < -0.3 is 10.0 Å². The van der Waals surface area contributed by atoms with Crippen molar-refractivity contribution in [3.63, 3.8) is 0 Å². The fraction of sp³-hybridized carbons (Fsp3) is 0.400. The predicted molar refractivity (Wildman–Crippen MR) is 98.9 cm³/mol. The van der Waals surface area contributed by atoms with Gasteiger partial charge in [0.25, 0.3) is 0 Å². The first kappa shape index (κ1) is 17.7. The molecule has 1 saturated heterocycles. The van der Waals surface area contributed by atoms with Crippen LogP contribution in [-0.4, -0.2) is 35.0 Å². The number of thiophene rings is 1. The smallest absolute Gasteiger partial charge is 0.314 e. The molecule has 0 unspecified atom stereocenters. The normalized spacial score (nSPS) is 17.3. The molecule has 132 valence electrons. The van der Waals surface area contributed by atoms with Crippen LogP contribution in [0.25, 0.3) is 0 Å². The van der Waals surface area contributed by atoms with Gasteiger partial charge in [-0.25, -0.2) is 0 Å². The molecule has 0 saturated carbocycles. The number of carboxylic acid groups (broad SMARTS) is 1. The van der Waals surface area contributed by atoms with Gasteiger partial charge in [-0.2, -0.15) is 0 Å². The first-order valence-corrected chi connectivity index (χ1v) is 9.38. The highest BCUT2D eigenvalue weighted by molar-refractivity contribution is 7.10. The summed E-state index contributed by atoms with van der Waals surface area (Å²) in [7, 11) is 0. The van der Waals surface area contributed by atoms with E-state index in [1.54, 1.807) is 11.3 Å². The number of amides is 1. The molecular formula is C20H23NO3S. The van der Waals surface area contributed by atoms with E-state index in [1.807, 2.05) is 66.6 Å². The lowest BCUT2D eigenvalue weighted by atomic mass is 9.72. The van der Waals surface area contributed by atoms with Gasteiger partial charge in [-0.15, -0.1) is 11.3 Å². The standard InChI is InChI=1S/C20H23NO3S/c1-19(2,16-9-6-14-25-16)17(22)21-12-10-20(11-13-21,18(23)24)15-7-4-3-5-8-15/h3-9,14H,10-13H2,1-2H3,(H,23,24). The quantitative estimate of drug-likeness (QED) is 0.908. The fourth-order valence-electron chi connectivity index (χ4n) is 3.61. The van der Waals surface area contributed by atoms with E-state index < -0.39 is 16.8 Å². The third-order valence-corrected chi connectivity index (χ3v) is 6.51. The van der Waals surface area contributed by atoms with Crippen molar-refractivity contribution in [2.45, 2.75) is 37.5 Å². The Hall–Kier alpha value is -2.14. The molecule has 0 spiro atoms. The lowest BCUT2D eigenvalue weighted by Gasteiger charge is -2.41. The second-order valence-electron chi connectivity index (χ2n) is 7.15. The van der Waals surface area contributed by atoms with Crippen molar-refractivity contribution in [3.05, 3.63) is 58.3 Å². The number of benzene rings is 1. The van der Waals surface area contributed by atoms with Gasteiger partial charge in [-0.3, -0.25) is 9.59 Å². The van der Waals surface area contributed by atoms with Crippen LogP contribution in [0.15, 0.2) is 47.8 Å². The largest absolute Gasteiger partial charge is 0.481 e. The molecule has 2 aromatic rings. The van der Waals surface area contributed by atoms with Crippen LogP contribution in [0.3, 0.4) is 0 Å². The van der Waals surface area contributed by atoms with Gasteiger partial charge in [0.15, 0.2) is 0 Å². The molecule has 2 heterocycles. The molecule has 5 heteroatoms. The highest BCUT2D eigenvalue weighted by Gasteiger charge is 2.45. The van der Waals surface area contributed by atoms with Crippen LogP contribution in [0.5, 0.6) is 0 Å². The highest BCUT2D eigenvalue weighted by atomic mass is 32.1. The molecule has 1 aliphatic heterocycles. The molecule has 0 bridgehead atoms. The Balaban J connectivity index is 1.79.